The summed E-state index contributed by atoms with van der Waals surface area (Å²) in [5, 5.41) is 11.6. The Kier molecular flexibility index (Phi) is 2.03. The third-order valence-corrected chi connectivity index (χ3v) is 1.43. The topological polar surface area (TPSA) is 26.3 Å². The van der Waals surface area contributed by atoms with E-state index in [1.54, 1.807) is 7.05 Å². The molecule has 1 rings (SSSR count). The molecule has 0 spiro atoms. The first-order valence-electron chi connectivity index (χ1n) is 3.04. The van der Waals surface area contributed by atoms with Crippen LogP contribution in [0, 0.1) is 5.21 Å². The van der Waals surface area contributed by atoms with Gasteiger partial charge in [0.25, 0.3) is 0 Å². The van der Waals surface area contributed by atoms with Crippen LogP contribution < -0.4 is 0 Å². The summed E-state index contributed by atoms with van der Waals surface area (Å²) in [4.78, 5) is 0. The summed E-state index contributed by atoms with van der Waals surface area (Å²) < 4.78 is 0. The van der Waals surface area contributed by atoms with E-state index in [2.05, 4.69) is 0 Å². The van der Waals surface area contributed by atoms with Gasteiger partial charge in [-0.05, 0) is 13.5 Å². The van der Waals surface area contributed by atoms with Gasteiger partial charge in [0.05, 0.1) is 0 Å². The Morgan fingerprint density at radius 3 is 2.67 bits per heavy atom. The van der Waals surface area contributed by atoms with Crippen LogP contribution in [0.15, 0.2) is 24.3 Å². The molecule has 0 aliphatic heterocycles. The SMILES string of the molecule is CN([O-])C1C=CC=CC1. The Hall–Kier alpha value is -0.600. The molecule has 0 aromatic carbocycles. The second-order valence-corrected chi connectivity index (χ2v) is 2.16. The fourth-order valence-electron chi connectivity index (χ4n) is 0.837. The van der Waals surface area contributed by atoms with Crippen molar-refractivity contribution in [1.82, 2.24) is 5.06 Å². The molecule has 50 valence electrons. The number of nitrogens with zero attached hydrogens (tertiary/aromatic N) is 1. The standard InChI is InChI=1S/C7H10NO/c1-8(9)7-5-3-2-4-6-7/h2-5,7H,6H2,1H3/q-1. The van der Waals surface area contributed by atoms with E-state index in [1.807, 2.05) is 24.3 Å². The molecule has 9 heavy (non-hydrogen) atoms. The van der Waals surface area contributed by atoms with Crippen LogP contribution in [0.3, 0.4) is 0 Å². The Balaban J connectivity index is 2.46. The van der Waals surface area contributed by atoms with Gasteiger partial charge in [0, 0.05) is 6.04 Å². The van der Waals surface area contributed by atoms with E-state index >= 15 is 0 Å². The van der Waals surface area contributed by atoms with Crippen molar-refractivity contribution >= 4 is 0 Å². The van der Waals surface area contributed by atoms with E-state index < -0.39 is 0 Å². The van der Waals surface area contributed by atoms with E-state index in [4.69, 9.17) is 0 Å². The minimum atomic E-state index is 0.0648. The lowest BCUT2D eigenvalue weighted by atomic mass is 10.1. The van der Waals surface area contributed by atoms with Gasteiger partial charge < -0.3 is 10.3 Å². The van der Waals surface area contributed by atoms with Gasteiger partial charge in [-0.15, -0.1) is 0 Å². The molecule has 1 aliphatic carbocycles. The van der Waals surface area contributed by atoms with Crippen LogP contribution in [0.5, 0.6) is 0 Å². The molecule has 0 fully saturated rings. The summed E-state index contributed by atoms with van der Waals surface area (Å²) >= 11 is 0. The molecule has 2 nitrogen and oxygen atoms in total. The Morgan fingerprint density at radius 1 is 1.56 bits per heavy atom. The van der Waals surface area contributed by atoms with Crippen molar-refractivity contribution in [3.63, 3.8) is 0 Å². The molecule has 1 aliphatic rings. The maximum atomic E-state index is 10.6. The second kappa shape index (κ2) is 2.80. The molecule has 0 bridgehead atoms. The highest BCUT2D eigenvalue weighted by Crippen LogP contribution is 2.07. The molecule has 0 aromatic rings. The lowest BCUT2D eigenvalue weighted by molar-refractivity contribution is 0.386. The molecule has 0 N–H and O–H groups in total. The summed E-state index contributed by atoms with van der Waals surface area (Å²) in [6, 6.07) is 0.0648. The molecular weight excluding hydrogens is 114 g/mol. The molecule has 2 heteroatoms. The van der Waals surface area contributed by atoms with Crippen molar-refractivity contribution in [2.75, 3.05) is 7.05 Å². The molecule has 1 unspecified atom stereocenters. The molecule has 0 radical (unpaired) electrons. The lowest BCUT2D eigenvalue weighted by Crippen LogP contribution is -2.24. The average molecular weight is 124 g/mol. The summed E-state index contributed by atoms with van der Waals surface area (Å²) in [5.74, 6) is 0. The third kappa shape index (κ3) is 1.66. The number of allylic oxidation sites excluding steroid dienone is 2. The van der Waals surface area contributed by atoms with E-state index in [-0.39, 0.29) is 6.04 Å². The van der Waals surface area contributed by atoms with Crippen LogP contribution in [0.1, 0.15) is 6.42 Å². The first-order valence-corrected chi connectivity index (χ1v) is 3.04. The van der Waals surface area contributed by atoms with Crippen LogP contribution >= 0.6 is 0 Å². The van der Waals surface area contributed by atoms with Gasteiger partial charge in [-0.2, -0.15) is 0 Å². The summed E-state index contributed by atoms with van der Waals surface area (Å²) in [6.45, 7) is 0. The van der Waals surface area contributed by atoms with Crippen molar-refractivity contribution in [1.29, 1.82) is 0 Å². The molecular formula is C7H10NO-. The van der Waals surface area contributed by atoms with Crippen LogP contribution in [0.25, 0.3) is 0 Å². The smallest absolute Gasteiger partial charge is 0.0196 e. The highest BCUT2D eigenvalue weighted by molar-refractivity contribution is 5.13. The van der Waals surface area contributed by atoms with Crippen molar-refractivity contribution in [2.45, 2.75) is 12.5 Å². The van der Waals surface area contributed by atoms with E-state index in [0.717, 1.165) is 11.5 Å². The average Bonchev–Trinajstić information content (AvgIpc) is 1.90. The monoisotopic (exact) mass is 124 g/mol. The third-order valence-electron chi connectivity index (χ3n) is 1.43. The summed E-state index contributed by atoms with van der Waals surface area (Å²) in [7, 11) is 1.55. The van der Waals surface area contributed by atoms with Gasteiger partial charge in [-0.3, -0.25) is 0 Å². The quantitative estimate of drug-likeness (QED) is 0.492. The highest BCUT2D eigenvalue weighted by atomic mass is 16.5. The summed E-state index contributed by atoms with van der Waals surface area (Å²) in [5.41, 5.74) is 0. The minimum absolute atomic E-state index is 0.0648. The number of hydrogen-bond donors (Lipinski definition) is 0. The Bertz CT molecular complexity index is 138. The molecule has 0 saturated carbocycles. The van der Waals surface area contributed by atoms with E-state index in [1.165, 1.54) is 0 Å². The maximum absolute atomic E-state index is 10.6. The van der Waals surface area contributed by atoms with Crippen molar-refractivity contribution in [3.05, 3.63) is 29.5 Å². The number of hydroxylamine groups is 2. The van der Waals surface area contributed by atoms with Crippen molar-refractivity contribution in [3.8, 4) is 0 Å². The fourth-order valence-corrected chi connectivity index (χ4v) is 0.837. The lowest BCUT2D eigenvalue weighted by Gasteiger charge is -2.30. The van der Waals surface area contributed by atoms with Crippen LogP contribution in [0.4, 0.5) is 0 Å². The van der Waals surface area contributed by atoms with E-state index in [0.29, 0.717) is 0 Å². The molecule has 0 heterocycles. The minimum Gasteiger partial charge on any atom is -0.785 e. The largest absolute Gasteiger partial charge is 0.785 e. The highest BCUT2D eigenvalue weighted by Gasteiger charge is 2.01. The van der Waals surface area contributed by atoms with Gasteiger partial charge >= 0.3 is 0 Å². The second-order valence-electron chi connectivity index (χ2n) is 2.16. The van der Waals surface area contributed by atoms with Gasteiger partial charge in [-0.25, -0.2) is 0 Å². The first-order chi connectivity index (χ1) is 4.30. The Morgan fingerprint density at radius 2 is 2.33 bits per heavy atom. The number of likely N-dealkylation sites (N-methyl/N-ethyl adjacent to an activating group) is 1. The van der Waals surface area contributed by atoms with Crippen molar-refractivity contribution in [2.24, 2.45) is 0 Å². The zero-order chi connectivity index (χ0) is 6.69. The fraction of sp³-hybridized carbons (Fsp3) is 0.429. The predicted molar refractivity (Wildman–Crippen MR) is 37.8 cm³/mol. The number of rotatable bonds is 1. The maximum Gasteiger partial charge on any atom is 0.0196 e. The summed E-state index contributed by atoms with van der Waals surface area (Å²) in [6.07, 6.45) is 8.62. The van der Waals surface area contributed by atoms with Gasteiger partial charge in [0.1, 0.15) is 0 Å². The number of hydrogen-bond acceptors (Lipinski definition) is 2. The van der Waals surface area contributed by atoms with Crippen molar-refractivity contribution < 1.29 is 0 Å². The van der Waals surface area contributed by atoms with Gasteiger partial charge in [-0.1, -0.05) is 24.3 Å². The molecule has 0 saturated heterocycles. The molecule has 0 amide bonds. The molecule has 0 aromatic heterocycles. The van der Waals surface area contributed by atoms with Gasteiger partial charge in [0.15, 0.2) is 0 Å². The zero-order valence-corrected chi connectivity index (χ0v) is 5.45. The van der Waals surface area contributed by atoms with Crippen LogP contribution in [0.2, 0.25) is 0 Å². The van der Waals surface area contributed by atoms with Crippen LogP contribution in [-0.4, -0.2) is 18.2 Å². The zero-order valence-electron chi connectivity index (χ0n) is 5.45. The Labute approximate surface area is 55.1 Å². The first kappa shape index (κ1) is 6.52. The molecule has 1 atom stereocenters. The van der Waals surface area contributed by atoms with Gasteiger partial charge in [0.2, 0.25) is 0 Å². The van der Waals surface area contributed by atoms with E-state index in [9.17, 15) is 5.21 Å². The predicted octanol–water partition coefficient (Wildman–Crippen LogP) is 1.30. The normalized spacial score (nSPS) is 25.4. The van der Waals surface area contributed by atoms with Crippen LogP contribution in [-0.2, 0) is 0 Å².